The summed E-state index contributed by atoms with van der Waals surface area (Å²) in [6.07, 6.45) is 5.51. The topological polar surface area (TPSA) is 74.4 Å². The second-order valence-electron chi connectivity index (χ2n) is 10.3. The highest BCUT2D eigenvalue weighted by atomic mass is 35.5. The Hall–Kier alpha value is -3.38. The summed E-state index contributed by atoms with van der Waals surface area (Å²) in [6.45, 7) is 0.791. The van der Waals surface area contributed by atoms with Gasteiger partial charge in [0.2, 0.25) is 5.82 Å². The molecule has 5 rings (SSSR count). The number of pyridine rings is 2. The van der Waals surface area contributed by atoms with Gasteiger partial charge in [-0.2, -0.15) is 9.65 Å². The molecule has 200 valence electrons. The predicted molar refractivity (Wildman–Crippen MR) is 144 cm³/mol. The van der Waals surface area contributed by atoms with Crippen LogP contribution < -0.4 is 20.1 Å². The van der Waals surface area contributed by atoms with Crippen LogP contribution >= 0.6 is 11.6 Å². The van der Waals surface area contributed by atoms with Gasteiger partial charge in [0.25, 0.3) is 5.56 Å². The number of methoxy groups -OCH3 is 1. The quantitative estimate of drug-likeness (QED) is 0.372. The van der Waals surface area contributed by atoms with Gasteiger partial charge in [0.05, 0.1) is 18.3 Å². The summed E-state index contributed by atoms with van der Waals surface area (Å²) in [5, 5.41) is 10.2. The molecular formula is C28H30ClF2N5O2. The number of nitrogens with zero attached hydrogens (tertiary/aromatic N) is 5. The minimum absolute atomic E-state index is 0.0450. The molecule has 2 heterocycles. The van der Waals surface area contributed by atoms with Crippen LogP contribution in [0.2, 0.25) is 5.15 Å². The number of ether oxygens (including phenoxy) is 1. The molecule has 10 heteroatoms. The van der Waals surface area contributed by atoms with Crippen molar-refractivity contribution in [1.82, 2.24) is 9.55 Å². The fourth-order valence-corrected chi connectivity index (χ4v) is 5.81. The Labute approximate surface area is 225 Å². The van der Waals surface area contributed by atoms with Crippen LogP contribution in [0.5, 0.6) is 5.75 Å². The van der Waals surface area contributed by atoms with Crippen LogP contribution in [0.15, 0.2) is 29.1 Å². The van der Waals surface area contributed by atoms with Crippen molar-refractivity contribution in [2.75, 3.05) is 30.5 Å². The van der Waals surface area contributed by atoms with Crippen molar-refractivity contribution >= 4 is 34.0 Å². The molecule has 0 amide bonds. The summed E-state index contributed by atoms with van der Waals surface area (Å²) < 4.78 is 35.0. The molecule has 0 radical (unpaired) electrons. The van der Waals surface area contributed by atoms with Gasteiger partial charge in [-0.25, -0.2) is 9.37 Å². The Morgan fingerprint density at radius 3 is 2.47 bits per heavy atom. The Balaban J connectivity index is 1.42. The maximum Gasteiger partial charge on any atom is 0.270 e. The lowest BCUT2D eigenvalue weighted by Crippen LogP contribution is -2.44. The standard InChI is InChI=1S/C28H30ClF2N5O2/c1-34(27-20(14-32)28(37)35(2)22-10-11-24(29)33-26(22)27)17-6-8-18(9-7-17)36(15-16-4-5-16)19-12-21(30)25(31)23(13-19)38-3/h10-13,16-18H,4-9,15H2,1-3H3/t17-,18+. The van der Waals surface area contributed by atoms with Crippen LogP contribution in [0.25, 0.3) is 11.0 Å². The molecule has 7 nitrogen and oxygen atoms in total. The molecule has 0 N–H and O–H groups in total. The Morgan fingerprint density at radius 2 is 1.84 bits per heavy atom. The van der Waals surface area contributed by atoms with Gasteiger partial charge in [0.1, 0.15) is 22.3 Å². The minimum atomic E-state index is -0.976. The highest BCUT2D eigenvalue weighted by Gasteiger charge is 2.34. The van der Waals surface area contributed by atoms with E-state index in [1.807, 2.05) is 11.9 Å². The van der Waals surface area contributed by atoms with E-state index in [0.717, 1.165) is 45.1 Å². The number of nitriles is 1. The SMILES string of the molecule is COc1cc(N(CC2CC2)[C@H]2CC[C@@H](N(C)c3c(C#N)c(=O)n(C)c4ccc(Cl)nc34)CC2)cc(F)c1F. The Bertz CT molecular complexity index is 1480. The van der Waals surface area contributed by atoms with Crippen LogP contribution in [-0.2, 0) is 7.05 Å². The van der Waals surface area contributed by atoms with Crippen LogP contribution in [0.1, 0.15) is 44.1 Å². The lowest BCUT2D eigenvalue weighted by Gasteiger charge is -2.42. The number of benzene rings is 1. The molecule has 0 spiro atoms. The van der Waals surface area contributed by atoms with Crippen molar-refractivity contribution in [2.24, 2.45) is 13.0 Å². The molecule has 2 aromatic heterocycles. The van der Waals surface area contributed by atoms with E-state index in [9.17, 15) is 18.8 Å². The van der Waals surface area contributed by atoms with E-state index in [2.05, 4.69) is 16.0 Å². The summed E-state index contributed by atoms with van der Waals surface area (Å²) in [4.78, 5) is 21.7. The average molecular weight is 542 g/mol. The smallest absolute Gasteiger partial charge is 0.270 e. The average Bonchev–Trinajstić information content (AvgIpc) is 3.74. The zero-order chi connectivity index (χ0) is 27.1. The summed E-state index contributed by atoms with van der Waals surface area (Å²) in [7, 11) is 4.86. The zero-order valence-electron chi connectivity index (χ0n) is 21.7. The molecule has 1 aromatic carbocycles. The van der Waals surface area contributed by atoms with Gasteiger partial charge in [-0.15, -0.1) is 0 Å². The van der Waals surface area contributed by atoms with Gasteiger partial charge in [0.15, 0.2) is 11.6 Å². The van der Waals surface area contributed by atoms with Crippen molar-refractivity contribution in [3.8, 4) is 11.8 Å². The van der Waals surface area contributed by atoms with Crippen LogP contribution in [0.3, 0.4) is 0 Å². The van der Waals surface area contributed by atoms with E-state index in [4.69, 9.17) is 16.3 Å². The third-order valence-corrected chi connectivity index (χ3v) is 8.19. The second-order valence-corrected chi connectivity index (χ2v) is 10.7. The number of fused-ring (bicyclic) bond motifs is 1. The van der Waals surface area contributed by atoms with E-state index in [-0.39, 0.29) is 34.1 Å². The minimum Gasteiger partial charge on any atom is -0.493 e. The Morgan fingerprint density at radius 1 is 1.16 bits per heavy atom. The molecule has 0 atom stereocenters. The molecule has 2 aliphatic rings. The molecule has 0 saturated heterocycles. The normalized spacial score (nSPS) is 19.3. The van der Waals surface area contributed by atoms with Gasteiger partial charge in [-0.1, -0.05) is 11.6 Å². The summed E-state index contributed by atoms with van der Waals surface area (Å²) >= 11 is 6.21. The number of hydrogen-bond donors (Lipinski definition) is 0. The molecule has 2 fully saturated rings. The van der Waals surface area contributed by atoms with Crippen molar-refractivity contribution in [1.29, 1.82) is 5.26 Å². The van der Waals surface area contributed by atoms with E-state index >= 15 is 0 Å². The van der Waals surface area contributed by atoms with Crippen molar-refractivity contribution in [3.05, 3.63) is 57.0 Å². The number of anilines is 2. The zero-order valence-corrected chi connectivity index (χ0v) is 22.4. The van der Waals surface area contributed by atoms with Crippen LogP contribution in [-0.4, -0.2) is 42.3 Å². The monoisotopic (exact) mass is 541 g/mol. The number of halogens is 3. The summed E-state index contributed by atoms with van der Waals surface area (Å²) in [6, 6.07) is 8.53. The van der Waals surface area contributed by atoms with Crippen molar-refractivity contribution in [2.45, 2.75) is 50.6 Å². The fourth-order valence-electron chi connectivity index (χ4n) is 5.66. The molecule has 0 aliphatic heterocycles. The van der Waals surface area contributed by atoms with Crippen LogP contribution in [0, 0.1) is 28.9 Å². The highest BCUT2D eigenvalue weighted by Crippen LogP contribution is 2.39. The first kappa shape index (κ1) is 26.2. The maximum atomic E-state index is 14.4. The highest BCUT2D eigenvalue weighted by molar-refractivity contribution is 6.29. The van der Waals surface area contributed by atoms with E-state index < -0.39 is 11.6 Å². The number of aromatic nitrogens is 2. The molecule has 3 aromatic rings. The molecular weight excluding hydrogens is 512 g/mol. The lowest BCUT2D eigenvalue weighted by molar-refractivity contribution is 0.359. The third kappa shape index (κ3) is 4.78. The van der Waals surface area contributed by atoms with Crippen molar-refractivity contribution in [3.63, 3.8) is 0 Å². The predicted octanol–water partition coefficient (Wildman–Crippen LogP) is 5.41. The third-order valence-electron chi connectivity index (χ3n) is 7.98. The Kier molecular flexibility index (Phi) is 7.19. The number of rotatable bonds is 7. The van der Waals surface area contributed by atoms with Gasteiger partial charge in [-0.05, 0) is 56.6 Å². The number of aryl methyl sites for hydroxylation is 1. The van der Waals surface area contributed by atoms with Gasteiger partial charge in [0, 0.05) is 50.5 Å². The molecule has 2 saturated carbocycles. The molecule has 38 heavy (non-hydrogen) atoms. The van der Waals surface area contributed by atoms with Gasteiger partial charge < -0.3 is 19.1 Å². The van der Waals surface area contributed by atoms with Gasteiger partial charge in [-0.3, -0.25) is 4.79 Å². The molecule has 0 bridgehead atoms. The first-order valence-electron chi connectivity index (χ1n) is 12.8. The first-order valence-corrected chi connectivity index (χ1v) is 13.2. The molecule has 0 unspecified atom stereocenters. The number of hydrogen-bond acceptors (Lipinski definition) is 6. The first-order chi connectivity index (χ1) is 18.2. The van der Waals surface area contributed by atoms with Gasteiger partial charge >= 0.3 is 0 Å². The van der Waals surface area contributed by atoms with E-state index in [1.165, 1.54) is 17.7 Å². The fraction of sp³-hybridized carbons (Fsp3) is 0.464. The van der Waals surface area contributed by atoms with Crippen molar-refractivity contribution < 1.29 is 13.5 Å². The maximum absolute atomic E-state index is 14.4. The molecule has 2 aliphatic carbocycles. The largest absolute Gasteiger partial charge is 0.493 e. The lowest BCUT2D eigenvalue weighted by atomic mass is 9.88. The second kappa shape index (κ2) is 10.4. The van der Waals surface area contributed by atoms with E-state index in [1.54, 1.807) is 25.2 Å². The summed E-state index contributed by atoms with van der Waals surface area (Å²) in [5.74, 6) is -1.44. The van der Waals surface area contributed by atoms with Crippen LogP contribution in [0.4, 0.5) is 20.2 Å². The van der Waals surface area contributed by atoms with E-state index in [0.29, 0.717) is 28.3 Å². The summed E-state index contributed by atoms with van der Waals surface area (Å²) in [5.41, 5.74) is 1.93.